The van der Waals surface area contributed by atoms with Gasteiger partial charge in [0.25, 0.3) is 0 Å². The highest BCUT2D eigenvalue weighted by molar-refractivity contribution is 7.99. The Labute approximate surface area is 95.0 Å². The quantitative estimate of drug-likeness (QED) is 0.501. The second-order valence-electron chi connectivity index (χ2n) is 2.51. The highest BCUT2D eigenvalue weighted by atomic mass is 35.5. The molecule has 6 heteroatoms. The van der Waals surface area contributed by atoms with E-state index in [9.17, 15) is 4.79 Å². The number of hydrogen-bond donors (Lipinski definition) is 2. The van der Waals surface area contributed by atoms with Crippen LogP contribution in [0.3, 0.4) is 0 Å². The van der Waals surface area contributed by atoms with Gasteiger partial charge in [-0.25, -0.2) is 0 Å². The van der Waals surface area contributed by atoms with Gasteiger partial charge in [0.2, 0.25) is 0 Å². The van der Waals surface area contributed by atoms with Crippen LogP contribution < -0.4 is 5.73 Å². The molecular weight excluding hydrogens is 226 g/mol. The van der Waals surface area contributed by atoms with E-state index in [0.29, 0.717) is 12.4 Å². The molecule has 4 nitrogen and oxygen atoms in total. The number of carbonyl (C=O) groups is 1. The zero-order valence-corrected chi connectivity index (χ0v) is 9.90. The van der Waals surface area contributed by atoms with Crippen LogP contribution in [-0.4, -0.2) is 41.8 Å². The zero-order valence-electron chi connectivity index (χ0n) is 8.27. The zero-order chi connectivity index (χ0) is 10.1. The molecule has 86 valence electrons. The number of thioether (sulfide) groups is 1. The molecule has 0 bridgehead atoms. The Morgan fingerprint density at radius 1 is 1.64 bits per heavy atom. The van der Waals surface area contributed by atoms with Crippen molar-refractivity contribution in [3.05, 3.63) is 0 Å². The van der Waals surface area contributed by atoms with Crippen LogP contribution in [0.15, 0.2) is 0 Å². The van der Waals surface area contributed by atoms with E-state index in [-0.39, 0.29) is 25.0 Å². The maximum Gasteiger partial charge on any atom is 0.323 e. The number of aliphatic hydroxyl groups excluding tert-OH is 1. The number of rotatable bonds is 7. The Morgan fingerprint density at radius 2 is 2.29 bits per heavy atom. The number of hydrogen-bond acceptors (Lipinski definition) is 5. The molecule has 0 aromatic rings. The molecule has 0 saturated carbocycles. The lowest BCUT2D eigenvalue weighted by atomic mass is 10.4. The Morgan fingerprint density at radius 3 is 2.79 bits per heavy atom. The molecule has 0 aromatic heterocycles. The minimum Gasteiger partial charge on any atom is -0.465 e. The van der Waals surface area contributed by atoms with Crippen molar-refractivity contribution in [2.75, 3.05) is 24.7 Å². The van der Waals surface area contributed by atoms with Crippen molar-refractivity contribution < 1.29 is 14.6 Å². The number of ether oxygens (including phenoxy) is 1. The van der Waals surface area contributed by atoms with Gasteiger partial charge >= 0.3 is 5.97 Å². The molecule has 0 unspecified atom stereocenters. The lowest BCUT2D eigenvalue weighted by Crippen LogP contribution is -2.34. The van der Waals surface area contributed by atoms with E-state index in [1.165, 1.54) is 0 Å². The van der Waals surface area contributed by atoms with E-state index in [4.69, 9.17) is 15.6 Å². The molecule has 0 aromatic carbocycles. The van der Waals surface area contributed by atoms with Gasteiger partial charge in [0, 0.05) is 12.4 Å². The number of carbonyl (C=O) groups excluding carboxylic acids is 1. The van der Waals surface area contributed by atoms with E-state index >= 15 is 0 Å². The van der Waals surface area contributed by atoms with Gasteiger partial charge in [-0.1, -0.05) is 0 Å². The summed E-state index contributed by atoms with van der Waals surface area (Å²) in [6, 6.07) is -0.538. The van der Waals surface area contributed by atoms with Crippen LogP contribution in [0.5, 0.6) is 0 Å². The van der Waals surface area contributed by atoms with Gasteiger partial charge in [-0.15, -0.1) is 12.4 Å². The Bertz CT molecular complexity index is 149. The summed E-state index contributed by atoms with van der Waals surface area (Å²) in [5, 5.41) is 8.49. The summed E-state index contributed by atoms with van der Waals surface area (Å²) in [6.45, 7) is 2.30. The monoisotopic (exact) mass is 243 g/mol. The summed E-state index contributed by atoms with van der Waals surface area (Å²) in [5.74, 6) is 1.03. The highest BCUT2D eigenvalue weighted by Gasteiger charge is 2.13. The van der Waals surface area contributed by atoms with Crippen molar-refractivity contribution in [3.63, 3.8) is 0 Å². The lowest BCUT2D eigenvalue weighted by Gasteiger charge is -2.09. The minimum atomic E-state index is -0.538. The first-order valence-electron chi connectivity index (χ1n) is 4.33. The van der Waals surface area contributed by atoms with Crippen molar-refractivity contribution in [2.45, 2.75) is 19.4 Å². The number of aliphatic hydroxyl groups is 1. The second kappa shape index (κ2) is 11.1. The molecule has 0 aliphatic carbocycles. The summed E-state index contributed by atoms with van der Waals surface area (Å²) in [6.07, 6.45) is 0.736. The topological polar surface area (TPSA) is 72.5 Å². The minimum absolute atomic E-state index is 0. The molecule has 0 aliphatic rings. The largest absolute Gasteiger partial charge is 0.465 e. The summed E-state index contributed by atoms with van der Waals surface area (Å²) in [4.78, 5) is 11.0. The standard InChI is InChI=1S/C8H17NO3S.ClH/c1-2-12-8(11)7(9)6-13-5-3-4-10;/h7,10H,2-6,9H2,1H3;1H/t7-;/m0./s1. The fraction of sp³-hybridized carbons (Fsp3) is 0.875. The third-order valence-electron chi connectivity index (χ3n) is 1.33. The Hall–Kier alpha value is 0.0300. The summed E-state index contributed by atoms with van der Waals surface area (Å²) in [7, 11) is 0. The molecular formula is C8H18ClNO3S. The van der Waals surface area contributed by atoms with Crippen LogP contribution in [0, 0.1) is 0 Å². The van der Waals surface area contributed by atoms with E-state index in [0.717, 1.165) is 12.2 Å². The molecule has 14 heavy (non-hydrogen) atoms. The van der Waals surface area contributed by atoms with Crippen molar-refractivity contribution >= 4 is 30.1 Å². The van der Waals surface area contributed by atoms with Gasteiger partial charge in [-0.3, -0.25) is 4.79 Å². The third kappa shape index (κ3) is 8.62. The second-order valence-corrected chi connectivity index (χ2v) is 3.66. The SMILES string of the molecule is CCOC(=O)[C@@H](N)CSCCCO.Cl. The maximum atomic E-state index is 11.0. The molecule has 0 radical (unpaired) electrons. The predicted molar refractivity (Wildman–Crippen MR) is 60.9 cm³/mol. The highest BCUT2D eigenvalue weighted by Crippen LogP contribution is 2.04. The summed E-state index contributed by atoms with van der Waals surface area (Å²) >= 11 is 1.55. The van der Waals surface area contributed by atoms with Crippen molar-refractivity contribution in [2.24, 2.45) is 5.73 Å². The van der Waals surface area contributed by atoms with Gasteiger partial charge in [-0.2, -0.15) is 11.8 Å². The fourth-order valence-electron chi connectivity index (χ4n) is 0.694. The van der Waals surface area contributed by atoms with E-state index in [1.54, 1.807) is 18.7 Å². The smallest absolute Gasteiger partial charge is 0.323 e. The van der Waals surface area contributed by atoms with Crippen LogP contribution >= 0.6 is 24.2 Å². The van der Waals surface area contributed by atoms with Gasteiger partial charge in [-0.05, 0) is 19.1 Å². The molecule has 3 N–H and O–H groups in total. The first kappa shape index (κ1) is 16.5. The Kier molecular flexibility index (Phi) is 13.1. The first-order valence-corrected chi connectivity index (χ1v) is 5.48. The lowest BCUT2D eigenvalue weighted by molar-refractivity contribution is -0.144. The van der Waals surface area contributed by atoms with E-state index in [2.05, 4.69) is 0 Å². The van der Waals surface area contributed by atoms with Crippen LogP contribution in [0.4, 0.5) is 0 Å². The number of nitrogens with two attached hydrogens (primary N) is 1. The molecule has 0 saturated heterocycles. The van der Waals surface area contributed by atoms with E-state index in [1.807, 2.05) is 0 Å². The van der Waals surface area contributed by atoms with Crippen LogP contribution in [-0.2, 0) is 9.53 Å². The summed E-state index contributed by atoms with van der Waals surface area (Å²) < 4.78 is 4.73. The summed E-state index contributed by atoms with van der Waals surface area (Å²) in [5.41, 5.74) is 5.53. The molecule has 0 amide bonds. The fourth-order valence-corrected chi connectivity index (χ4v) is 1.58. The molecule has 0 fully saturated rings. The van der Waals surface area contributed by atoms with Gasteiger partial charge in [0.05, 0.1) is 6.61 Å². The number of esters is 1. The van der Waals surface area contributed by atoms with Gasteiger partial charge < -0.3 is 15.6 Å². The average Bonchev–Trinajstić information content (AvgIpc) is 2.12. The number of halogens is 1. The normalized spacial score (nSPS) is 11.6. The maximum absolute atomic E-state index is 11.0. The third-order valence-corrected chi connectivity index (χ3v) is 2.51. The van der Waals surface area contributed by atoms with Gasteiger partial charge in [0.1, 0.15) is 6.04 Å². The molecule has 1 atom stereocenters. The van der Waals surface area contributed by atoms with Crippen LogP contribution in [0.2, 0.25) is 0 Å². The predicted octanol–water partition coefficient (Wildman–Crippen LogP) is 0.414. The van der Waals surface area contributed by atoms with Crippen molar-refractivity contribution in [1.29, 1.82) is 0 Å². The molecule has 0 heterocycles. The van der Waals surface area contributed by atoms with Crippen molar-refractivity contribution in [1.82, 2.24) is 0 Å². The van der Waals surface area contributed by atoms with Crippen LogP contribution in [0.1, 0.15) is 13.3 Å². The Balaban J connectivity index is 0. The molecule has 0 rings (SSSR count). The first-order chi connectivity index (χ1) is 6.22. The molecule has 0 spiro atoms. The van der Waals surface area contributed by atoms with Crippen LogP contribution in [0.25, 0.3) is 0 Å². The van der Waals surface area contributed by atoms with Crippen molar-refractivity contribution in [3.8, 4) is 0 Å². The van der Waals surface area contributed by atoms with Gasteiger partial charge in [0.15, 0.2) is 0 Å². The average molecular weight is 244 g/mol. The van der Waals surface area contributed by atoms with E-state index < -0.39 is 6.04 Å². The molecule has 0 aliphatic heterocycles.